The number of carbonyl (C=O) groups is 2. The lowest BCUT2D eigenvalue weighted by atomic mass is 9.87. The van der Waals surface area contributed by atoms with Crippen LogP contribution in [0, 0.1) is 0 Å². The van der Waals surface area contributed by atoms with E-state index in [4.69, 9.17) is 4.42 Å². The van der Waals surface area contributed by atoms with Crippen molar-refractivity contribution >= 4 is 33.4 Å². The summed E-state index contributed by atoms with van der Waals surface area (Å²) < 4.78 is 28.9. The van der Waals surface area contributed by atoms with Gasteiger partial charge in [-0.25, -0.2) is 8.42 Å². The monoisotopic (exact) mass is 482 g/mol. The zero-order valence-electron chi connectivity index (χ0n) is 19.4. The van der Waals surface area contributed by atoms with Crippen LogP contribution in [0.2, 0.25) is 0 Å². The fourth-order valence-electron chi connectivity index (χ4n) is 3.74. The molecule has 1 aromatic heterocycles. The number of sulfone groups is 1. The summed E-state index contributed by atoms with van der Waals surface area (Å²) in [6, 6.07) is 13.4. The predicted molar refractivity (Wildman–Crippen MR) is 127 cm³/mol. The fourth-order valence-corrected chi connectivity index (χ4v) is 4.37. The van der Waals surface area contributed by atoms with E-state index in [1.165, 1.54) is 12.1 Å². The highest BCUT2D eigenvalue weighted by molar-refractivity contribution is 7.90. The molecule has 2 heterocycles. The van der Waals surface area contributed by atoms with E-state index in [9.17, 15) is 18.0 Å². The fraction of sp³-hybridized carbons (Fsp3) is 0.333. The first-order valence-electron chi connectivity index (χ1n) is 10.8. The number of nitrogens with one attached hydrogen (secondary N) is 1. The smallest absolute Gasteiger partial charge is 0.322 e. The second kappa shape index (κ2) is 8.68. The van der Waals surface area contributed by atoms with Gasteiger partial charge in [0.1, 0.15) is 0 Å². The Labute approximate surface area is 198 Å². The minimum absolute atomic E-state index is 0.0151. The summed E-state index contributed by atoms with van der Waals surface area (Å²) in [7, 11) is -3.32. The third-order valence-corrected chi connectivity index (χ3v) is 6.85. The van der Waals surface area contributed by atoms with Gasteiger partial charge in [0.25, 0.3) is 5.91 Å². The Morgan fingerprint density at radius 2 is 1.71 bits per heavy atom. The summed E-state index contributed by atoms with van der Waals surface area (Å²) in [5.74, 6) is -0.598. The van der Waals surface area contributed by atoms with Gasteiger partial charge in [-0.05, 0) is 47.4 Å². The highest BCUT2D eigenvalue weighted by Gasteiger charge is 2.35. The number of hydrogen-bond acceptors (Lipinski definition) is 7. The summed E-state index contributed by atoms with van der Waals surface area (Å²) >= 11 is 0. The molecular formula is C24H26N4O5S. The van der Waals surface area contributed by atoms with Gasteiger partial charge in [-0.1, -0.05) is 38.0 Å². The maximum Gasteiger partial charge on any atom is 0.322 e. The van der Waals surface area contributed by atoms with E-state index in [1.807, 2.05) is 12.1 Å². The van der Waals surface area contributed by atoms with Crippen LogP contribution in [-0.2, 0) is 20.0 Å². The number of hydrogen-bond donors (Lipinski definition) is 1. The van der Waals surface area contributed by atoms with Crippen LogP contribution in [-0.4, -0.2) is 43.2 Å². The van der Waals surface area contributed by atoms with E-state index in [1.54, 1.807) is 29.2 Å². The molecule has 2 aromatic carbocycles. The highest BCUT2D eigenvalue weighted by atomic mass is 32.2. The molecular weight excluding hydrogens is 456 g/mol. The van der Waals surface area contributed by atoms with Crippen molar-refractivity contribution in [1.29, 1.82) is 0 Å². The van der Waals surface area contributed by atoms with E-state index in [0.717, 1.165) is 11.8 Å². The first-order valence-corrected chi connectivity index (χ1v) is 12.7. The minimum Gasteiger partial charge on any atom is -0.407 e. The van der Waals surface area contributed by atoms with Crippen LogP contribution in [0.15, 0.2) is 57.8 Å². The van der Waals surface area contributed by atoms with E-state index in [2.05, 4.69) is 36.3 Å². The number of anilines is 2. The summed E-state index contributed by atoms with van der Waals surface area (Å²) in [5.41, 5.74) is 2.16. The van der Waals surface area contributed by atoms with Crippen LogP contribution in [0.25, 0.3) is 0 Å². The van der Waals surface area contributed by atoms with Crippen molar-refractivity contribution in [2.24, 2.45) is 0 Å². The summed E-state index contributed by atoms with van der Waals surface area (Å²) in [5, 5.41) is 10.5. The van der Waals surface area contributed by atoms with Crippen molar-refractivity contribution in [2.45, 2.75) is 43.4 Å². The molecule has 1 aliphatic rings. The molecule has 1 atom stereocenters. The molecule has 10 heteroatoms. The molecule has 1 saturated heterocycles. The van der Waals surface area contributed by atoms with Crippen LogP contribution < -0.4 is 10.2 Å². The molecule has 1 unspecified atom stereocenters. The van der Waals surface area contributed by atoms with E-state index in [-0.39, 0.29) is 46.4 Å². The molecule has 1 aliphatic heterocycles. The maximum atomic E-state index is 12.6. The zero-order chi connectivity index (χ0) is 24.7. The third kappa shape index (κ3) is 5.01. The standard InChI is InChI=1S/C24H26N4O5S/c1-24(2,3)17-7-5-15(6-8-17)21(30)25-23-27-26-22(33-23)16-13-20(29)28(14-16)18-9-11-19(12-10-18)34(4,31)32/h5-12,16H,13-14H2,1-4H3,(H,25,27,30). The quantitative estimate of drug-likeness (QED) is 0.590. The number of carbonyl (C=O) groups excluding carboxylic acids is 2. The molecule has 0 aliphatic carbocycles. The zero-order valence-corrected chi connectivity index (χ0v) is 20.2. The topological polar surface area (TPSA) is 122 Å². The summed E-state index contributed by atoms with van der Waals surface area (Å²) in [6.45, 7) is 6.60. The second-order valence-corrected chi connectivity index (χ2v) is 11.4. The van der Waals surface area contributed by atoms with Gasteiger partial charge in [-0.3, -0.25) is 14.9 Å². The summed E-state index contributed by atoms with van der Waals surface area (Å²) in [6.07, 6.45) is 1.30. The van der Waals surface area contributed by atoms with E-state index < -0.39 is 9.84 Å². The van der Waals surface area contributed by atoms with Crippen LogP contribution in [0.4, 0.5) is 11.7 Å². The van der Waals surface area contributed by atoms with Crippen LogP contribution in [0.5, 0.6) is 0 Å². The molecule has 4 rings (SSSR count). The minimum atomic E-state index is -3.32. The average molecular weight is 483 g/mol. The Morgan fingerprint density at radius 1 is 1.06 bits per heavy atom. The predicted octanol–water partition coefficient (Wildman–Crippen LogP) is 3.54. The molecule has 0 saturated carbocycles. The van der Waals surface area contributed by atoms with Crippen molar-refractivity contribution in [2.75, 3.05) is 23.0 Å². The third-order valence-electron chi connectivity index (χ3n) is 5.73. The van der Waals surface area contributed by atoms with Crippen LogP contribution in [0.1, 0.15) is 54.9 Å². The lowest BCUT2D eigenvalue weighted by Gasteiger charge is -2.18. The lowest BCUT2D eigenvalue weighted by Crippen LogP contribution is -2.24. The average Bonchev–Trinajstić information content (AvgIpc) is 3.39. The Bertz CT molecular complexity index is 1320. The van der Waals surface area contributed by atoms with Gasteiger partial charge in [-0.15, -0.1) is 5.10 Å². The molecule has 0 radical (unpaired) electrons. The number of benzene rings is 2. The first kappa shape index (κ1) is 23.6. The molecule has 0 spiro atoms. The largest absolute Gasteiger partial charge is 0.407 e. The van der Waals surface area contributed by atoms with Crippen molar-refractivity contribution in [3.63, 3.8) is 0 Å². The van der Waals surface area contributed by atoms with Crippen molar-refractivity contribution in [3.8, 4) is 0 Å². The van der Waals surface area contributed by atoms with Gasteiger partial charge < -0.3 is 9.32 Å². The Kier molecular flexibility index (Phi) is 6.03. The number of amides is 2. The first-order chi connectivity index (χ1) is 15.9. The van der Waals surface area contributed by atoms with Crippen molar-refractivity contribution in [3.05, 3.63) is 65.5 Å². The van der Waals surface area contributed by atoms with Gasteiger partial charge in [-0.2, -0.15) is 0 Å². The van der Waals surface area contributed by atoms with Gasteiger partial charge in [0, 0.05) is 30.5 Å². The van der Waals surface area contributed by atoms with E-state index >= 15 is 0 Å². The van der Waals surface area contributed by atoms with Crippen LogP contribution in [0.3, 0.4) is 0 Å². The molecule has 2 amide bonds. The SMILES string of the molecule is CC(C)(C)c1ccc(C(=O)Nc2nnc(C3CC(=O)N(c4ccc(S(C)(=O)=O)cc4)C3)o2)cc1. The van der Waals surface area contributed by atoms with E-state index in [0.29, 0.717) is 17.8 Å². The summed E-state index contributed by atoms with van der Waals surface area (Å²) in [4.78, 5) is 26.8. The lowest BCUT2D eigenvalue weighted by molar-refractivity contribution is -0.117. The maximum absolute atomic E-state index is 12.6. The second-order valence-electron chi connectivity index (χ2n) is 9.40. The van der Waals surface area contributed by atoms with Gasteiger partial charge in [0.15, 0.2) is 9.84 Å². The Hall–Kier alpha value is -3.53. The molecule has 1 N–H and O–H groups in total. The van der Waals surface area contributed by atoms with Crippen LogP contribution >= 0.6 is 0 Å². The van der Waals surface area contributed by atoms with Gasteiger partial charge in [0.05, 0.1) is 10.8 Å². The number of nitrogens with zero attached hydrogens (tertiary/aromatic N) is 3. The molecule has 1 fully saturated rings. The van der Waals surface area contributed by atoms with Crippen molar-refractivity contribution < 1.29 is 22.4 Å². The van der Waals surface area contributed by atoms with Gasteiger partial charge in [0.2, 0.25) is 11.8 Å². The Balaban J connectivity index is 1.42. The normalized spacial score (nSPS) is 16.6. The molecule has 3 aromatic rings. The molecule has 178 valence electrons. The van der Waals surface area contributed by atoms with Crippen molar-refractivity contribution in [1.82, 2.24) is 10.2 Å². The highest BCUT2D eigenvalue weighted by Crippen LogP contribution is 2.32. The molecule has 9 nitrogen and oxygen atoms in total. The Morgan fingerprint density at radius 3 is 2.29 bits per heavy atom. The van der Waals surface area contributed by atoms with Gasteiger partial charge >= 0.3 is 6.01 Å². The molecule has 34 heavy (non-hydrogen) atoms. The number of aromatic nitrogens is 2. The number of rotatable bonds is 5. The molecule has 0 bridgehead atoms.